The third-order valence-corrected chi connectivity index (χ3v) is 7.48. The molecule has 3 heterocycles. The van der Waals surface area contributed by atoms with Crippen molar-refractivity contribution in [3.8, 4) is 16.9 Å². The molecule has 0 saturated carbocycles. The smallest absolute Gasteiger partial charge is 0.407 e. The van der Waals surface area contributed by atoms with Gasteiger partial charge in [-0.2, -0.15) is 0 Å². The number of nitrogens with zero attached hydrogens (tertiary/aromatic N) is 1. The standard InChI is InChI=1S/C26H31FN2O3/c1-26(2)14-18-13-17(19-5-4-6-21(27)23(19)31-3)7-8-20(18)24(26)28-25(30)32-22-15-29-11-9-16(22)10-12-29/h4-8,13,16,22,24H,9-12,14-15H2,1-3H3,(H,28,30)/t22-,24?/m1/s1. The molecule has 3 fully saturated rings. The largest absolute Gasteiger partial charge is 0.493 e. The Morgan fingerprint density at radius 3 is 2.66 bits per heavy atom. The molecule has 32 heavy (non-hydrogen) atoms. The molecule has 170 valence electrons. The third kappa shape index (κ3) is 3.75. The van der Waals surface area contributed by atoms with Crippen LogP contribution in [0.15, 0.2) is 36.4 Å². The minimum absolute atomic E-state index is 0.00990. The second-order valence-electron chi connectivity index (χ2n) is 10.1. The number of nitrogens with one attached hydrogen (secondary N) is 1. The van der Waals surface area contributed by atoms with Crippen LogP contribution in [0.3, 0.4) is 0 Å². The summed E-state index contributed by atoms with van der Waals surface area (Å²) in [7, 11) is 1.49. The van der Waals surface area contributed by atoms with Crippen LogP contribution >= 0.6 is 0 Å². The number of methoxy groups -OCH3 is 1. The van der Waals surface area contributed by atoms with Crippen molar-refractivity contribution in [2.24, 2.45) is 11.3 Å². The fourth-order valence-electron chi connectivity index (χ4n) is 5.77. The maximum atomic E-state index is 14.2. The fraction of sp³-hybridized carbons (Fsp3) is 0.500. The maximum Gasteiger partial charge on any atom is 0.407 e. The summed E-state index contributed by atoms with van der Waals surface area (Å²) in [6.45, 7) is 7.41. The van der Waals surface area contributed by atoms with Crippen LogP contribution in [0.5, 0.6) is 5.75 Å². The van der Waals surface area contributed by atoms with Crippen LogP contribution < -0.4 is 10.1 Å². The Hall–Kier alpha value is -2.60. The van der Waals surface area contributed by atoms with Gasteiger partial charge in [-0.15, -0.1) is 0 Å². The normalized spacial score (nSPS) is 27.6. The van der Waals surface area contributed by atoms with Crippen LogP contribution in [0.2, 0.25) is 0 Å². The summed E-state index contributed by atoms with van der Waals surface area (Å²) >= 11 is 0. The van der Waals surface area contributed by atoms with E-state index in [2.05, 4.69) is 30.1 Å². The Balaban J connectivity index is 1.36. The van der Waals surface area contributed by atoms with Gasteiger partial charge in [0.1, 0.15) is 6.10 Å². The number of hydrogen-bond acceptors (Lipinski definition) is 4. The number of carbonyl (C=O) groups is 1. The minimum Gasteiger partial charge on any atom is -0.493 e. The van der Waals surface area contributed by atoms with Gasteiger partial charge in [-0.25, -0.2) is 9.18 Å². The number of halogens is 1. The van der Waals surface area contributed by atoms with E-state index < -0.39 is 0 Å². The fourth-order valence-corrected chi connectivity index (χ4v) is 5.77. The first-order valence-corrected chi connectivity index (χ1v) is 11.5. The van der Waals surface area contributed by atoms with Gasteiger partial charge in [0, 0.05) is 12.1 Å². The zero-order valence-electron chi connectivity index (χ0n) is 19.0. The summed E-state index contributed by atoms with van der Waals surface area (Å²) in [5.41, 5.74) is 3.74. The number of carbonyl (C=O) groups excluding carboxylic acids is 1. The number of fused-ring (bicyclic) bond motifs is 4. The minimum atomic E-state index is -0.374. The van der Waals surface area contributed by atoms with Gasteiger partial charge in [0.25, 0.3) is 0 Å². The van der Waals surface area contributed by atoms with E-state index >= 15 is 0 Å². The average molecular weight is 439 g/mol. The van der Waals surface area contributed by atoms with Gasteiger partial charge in [0.05, 0.1) is 13.2 Å². The lowest BCUT2D eigenvalue weighted by atomic mass is 9.85. The second kappa shape index (κ2) is 8.07. The molecule has 0 radical (unpaired) electrons. The predicted octanol–water partition coefficient (Wildman–Crippen LogP) is 4.95. The highest BCUT2D eigenvalue weighted by molar-refractivity contribution is 5.73. The van der Waals surface area contributed by atoms with E-state index in [1.54, 1.807) is 6.07 Å². The Kier molecular flexibility index (Phi) is 5.36. The molecule has 6 rings (SSSR count). The second-order valence-corrected chi connectivity index (χ2v) is 10.1. The number of para-hydroxylation sites is 1. The molecule has 1 aliphatic carbocycles. The van der Waals surface area contributed by atoms with Crippen molar-refractivity contribution in [3.05, 3.63) is 53.3 Å². The van der Waals surface area contributed by atoms with Gasteiger partial charge in [0.2, 0.25) is 0 Å². The first-order valence-electron chi connectivity index (χ1n) is 11.5. The molecule has 0 spiro atoms. The van der Waals surface area contributed by atoms with E-state index in [1.165, 1.54) is 13.2 Å². The molecule has 3 aliphatic heterocycles. The van der Waals surface area contributed by atoms with Crippen LogP contribution in [-0.2, 0) is 11.2 Å². The molecule has 2 bridgehead atoms. The van der Waals surface area contributed by atoms with Gasteiger partial charge in [-0.05, 0) is 66.4 Å². The summed E-state index contributed by atoms with van der Waals surface area (Å²) < 4.78 is 25.4. The molecule has 4 aliphatic rings. The molecule has 1 amide bonds. The SMILES string of the molecule is COc1c(F)cccc1-c1ccc2c(c1)CC(C)(C)C2NC(=O)O[C@@H]1CN2CCC1CC2. The first-order chi connectivity index (χ1) is 15.4. The van der Waals surface area contributed by atoms with Crippen LogP contribution in [0, 0.1) is 17.2 Å². The molecule has 6 heteroatoms. The molecule has 1 unspecified atom stereocenters. The third-order valence-electron chi connectivity index (χ3n) is 7.48. The number of rotatable bonds is 4. The molecule has 0 aromatic heterocycles. The van der Waals surface area contributed by atoms with Gasteiger partial charge in [-0.3, -0.25) is 4.90 Å². The number of ether oxygens (including phenoxy) is 2. The van der Waals surface area contributed by atoms with Crippen molar-refractivity contribution in [3.63, 3.8) is 0 Å². The van der Waals surface area contributed by atoms with Crippen LogP contribution in [0.1, 0.15) is 43.9 Å². The molecule has 3 saturated heterocycles. The number of alkyl carbamates (subject to hydrolysis) is 1. The van der Waals surface area contributed by atoms with Crippen LogP contribution in [0.25, 0.3) is 11.1 Å². The highest BCUT2D eigenvalue weighted by atomic mass is 19.1. The number of hydrogen-bond donors (Lipinski definition) is 1. The van der Waals surface area contributed by atoms with Gasteiger partial charge in [-0.1, -0.05) is 44.2 Å². The summed E-state index contributed by atoms with van der Waals surface area (Å²) in [6.07, 6.45) is 2.71. The lowest BCUT2D eigenvalue weighted by molar-refractivity contribution is -0.0348. The van der Waals surface area contributed by atoms with Crippen molar-refractivity contribution in [1.82, 2.24) is 10.2 Å². The van der Waals surface area contributed by atoms with E-state index in [0.717, 1.165) is 61.2 Å². The maximum absolute atomic E-state index is 14.2. The monoisotopic (exact) mass is 438 g/mol. The first kappa shape index (κ1) is 21.3. The van der Waals surface area contributed by atoms with E-state index in [1.807, 2.05) is 18.2 Å². The Morgan fingerprint density at radius 1 is 1.19 bits per heavy atom. The number of benzene rings is 2. The molecule has 1 N–H and O–H groups in total. The average Bonchev–Trinajstić information content (AvgIpc) is 3.03. The molecule has 2 atom stereocenters. The summed E-state index contributed by atoms with van der Waals surface area (Å²) in [5, 5.41) is 3.16. The van der Waals surface area contributed by atoms with Gasteiger partial charge < -0.3 is 14.8 Å². The molecule has 2 aromatic rings. The lowest BCUT2D eigenvalue weighted by Crippen LogP contribution is -2.53. The molecule has 2 aromatic carbocycles. The molecule has 5 nitrogen and oxygen atoms in total. The number of piperidine rings is 3. The highest BCUT2D eigenvalue weighted by Crippen LogP contribution is 2.47. The van der Waals surface area contributed by atoms with Crippen molar-refractivity contribution in [2.45, 2.75) is 45.3 Å². The number of amides is 1. The Morgan fingerprint density at radius 2 is 1.97 bits per heavy atom. The topological polar surface area (TPSA) is 50.8 Å². The summed E-state index contributed by atoms with van der Waals surface area (Å²) in [5.74, 6) is 0.361. The van der Waals surface area contributed by atoms with E-state index in [9.17, 15) is 9.18 Å². The molecular formula is C26H31FN2O3. The van der Waals surface area contributed by atoms with Crippen LogP contribution in [-0.4, -0.2) is 43.8 Å². The van der Waals surface area contributed by atoms with Crippen molar-refractivity contribution in [2.75, 3.05) is 26.7 Å². The zero-order chi connectivity index (χ0) is 22.5. The van der Waals surface area contributed by atoms with Crippen molar-refractivity contribution < 1.29 is 18.7 Å². The highest BCUT2D eigenvalue weighted by Gasteiger charge is 2.42. The molecular weight excluding hydrogens is 407 g/mol. The van der Waals surface area contributed by atoms with Crippen LogP contribution in [0.4, 0.5) is 9.18 Å². The predicted molar refractivity (Wildman–Crippen MR) is 121 cm³/mol. The summed E-state index contributed by atoms with van der Waals surface area (Å²) in [6, 6.07) is 10.9. The van der Waals surface area contributed by atoms with Gasteiger partial charge in [0.15, 0.2) is 11.6 Å². The summed E-state index contributed by atoms with van der Waals surface area (Å²) in [4.78, 5) is 15.2. The lowest BCUT2D eigenvalue weighted by Gasteiger charge is -2.44. The van der Waals surface area contributed by atoms with Crippen molar-refractivity contribution in [1.29, 1.82) is 0 Å². The van der Waals surface area contributed by atoms with E-state index in [0.29, 0.717) is 5.92 Å². The van der Waals surface area contributed by atoms with Crippen molar-refractivity contribution >= 4 is 6.09 Å². The zero-order valence-corrected chi connectivity index (χ0v) is 19.0. The quantitative estimate of drug-likeness (QED) is 0.734. The van der Waals surface area contributed by atoms with E-state index in [4.69, 9.17) is 9.47 Å². The Bertz CT molecular complexity index is 1030. The van der Waals surface area contributed by atoms with Gasteiger partial charge >= 0.3 is 6.09 Å². The van der Waals surface area contributed by atoms with E-state index in [-0.39, 0.29) is 35.2 Å². The Labute approximate surface area is 188 Å².